The molecule has 0 aliphatic carbocycles. The van der Waals surface area contributed by atoms with Crippen molar-refractivity contribution in [3.8, 4) is 5.75 Å². The highest BCUT2D eigenvalue weighted by atomic mass is 19.2. The second-order valence-corrected chi connectivity index (χ2v) is 8.29. The van der Waals surface area contributed by atoms with Crippen LogP contribution in [0.2, 0.25) is 0 Å². The molecule has 1 heterocycles. The second-order valence-electron chi connectivity index (χ2n) is 8.29. The maximum Gasteiger partial charge on any atom is 0.336 e. The molecule has 2 rings (SSSR count). The Balaban J connectivity index is 2.60. The molecular weight excluding hydrogens is 398 g/mol. The van der Waals surface area contributed by atoms with Crippen LogP contribution < -0.4 is 10.1 Å². The van der Waals surface area contributed by atoms with Gasteiger partial charge in [0, 0.05) is 11.3 Å². The van der Waals surface area contributed by atoms with Gasteiger partial charge in [-0.2, -0.15) is 4.39 Å². The minimum absolute atomic E-state index is 0.0360. The van der Waals surface area contributed by atoms with Gasteiger partial charge in [-0.05, 0) is 31.7 Å². The van der Waals surface area contributed by atoms with E-state index in [1.54, 1.807) is 6.92 Å². The van der Waals surface area contributed by atoms with E-state index < -0.39 is 34.2 Å². The van der Waals surface area contributed by atoms with Gasteiger partial charge in [-0.15, -0.1) is 0 Å². The fourth-order valence-corrected chi connectivity index (χ4v) is 3.31. The van der Waals surface area contributed by atoms with E-state index in [2.05, 4.69) is 5.32 Å². The summed E-state index contributed by atoms with van der Waals surface area (Å²) in [6.07, 6.45) is 0.578. The molecule has 1 aliphatic rings. The van der Waals surface area contributed by atoms with Gasteiger partial charge in [0.1, 0.15) is 5.92 Å². The molecule has 0 fully saturated rings. The van der Waals surface area contributed by atoms with Crippen LogP contribution in [0.5, 0.6) is 5.75 Å². The highest BCUT2D eigenvalue weighted by molar-refractivity contribution is 5.92. The number of halogens is 2. The van der Waals surface area contributed by atoms with Crippen LogP contribution in [0.1, 0.15) is 52.5 Å². The van der Waals surface area contributed by atoms with Gasteiger partial charge in [-0.1, -0.05) is 26.8 Å². The van der Waals surface area contributed by atoms with Crippen molar-refractivity contribution in [1.82, 2.24) is 5.32 Å². The van der Waals surface area contributed by atoms with Crippen LogP contribution in [0.15, 0.2) is 34.8 Å². The Kier molecular flexibility index (Phi) is 6.84. The highest BCUT2D eigenvalue weighted by Crippen LogP contribution is 2.43. The monoisotopic (exact) mass is 424 g/mol. The predicted molar refractivity (Wildman–Crippen MR) is 106 cm³/mol. The topological polar surface area (TPSA) is 90.7 Å². The number of nitrogens with zero attached hydrogens (tertiary/aromatic N) is 1. The number of carbonyl (C=O) groups is 1. The quantitative estimate of drug-likeness (QED) is 0.413. The van der Waals surface area contributed by atoms with Crippen molar-refractivity contribution in [3.05, 3.63) is 62.1 Å². The molecule has 0 saturated heterocycles. The molecule has 0 bridgehead atoms. The van der Waals surface area contributed by atoms with E-state index in [4.69, 9.17) is 9.47 Å². The van der Waals surface area contributed by atoms with Gasteiger partial charge in [0.2, 0.25) is 5.82 Å². The van der Waals surface area contributed by atoms with Gasteiger partial charge < -0.3 is 14.8 Å². The van der Waals surface area contributed by atoms with E-state index in [9.17, 15) is 23.7 Å². The van der Waals surface area contributed by atoms with Crippen LogP contribution in [0, 0.1) is 27.2 Å². The number of hydrogen-bond acceptors (Lipinski definition) is 6. The van der Waals surface area contributed by atoms with Crippen LogP contribution in [0.3, 0.4) is 0 Å². The van der Waals surface area contributed by atoms with Crippen LogP contribution in [0.25, 0.3) is 0 Å². The third kappa shape index (κ3) is 4.77. The van der Waals surface area contributed by atoms with Crippen molar-refractivity contribution in [3.63, 3.8) is 0 Å². The minimum atomic E-state index is -1.30. The molecule has 164 valence electrons. The molecule has 1 aromatic rings. The molecule has 0 spiro atoms. The number of esters is 1. The number of dihydropyridines is 1. The summed E-state index contributed by atoms with van der Waals surface area (Å²) in [6, 6.07) is 2.03. The number of carbonyl (C=O) groups excluding carboxylic acids is 1. The Morgan fingerprint density at radius 1 is 1.23 bits per heavy atom. The number of benzene rings is 1. The summed E-state index contributed by atoms with van der Waals surface area (Å²) in [6.45, 7) is 9.11. The van der Waals surface area contributed by atoms with E-state index in [0.717, 1.165) is 13.2 Å². The molecule has 0 radical (unpaired) electrons. The third-order valence-corrected chi connectivity index (χ3v) is 4.82. The second kappa shape index (κ2) is 8.81. The van der Waals surface area contributed by atoms with Crippen molar-refractivity contribution < 1.29 is 28.0 Å². The van der Waals surface area contributed by atoms with Crippen LogP contribution in [-0.2, 0) is 9.53 Å². The van der Waals surface area contributed by atoms with Crippen LogP contribution >= 0.6 is 0 Å². The van der Waals surface area contributed by atoms with Crippen molar-refractivity contribution in [2.45, 2.75) is 47.0 Å². The molecule has 1 N–H and O–H groups in total. The summed E-state index contributed by atoms with van der Waals surface area (Å²) in [7, 11) is 1.13. The average Bonchev–Trinajstić information content (AvgIpc) is 2.61. The summed E-state index contributed by atoms with van der Waals surface area (Å²) in [5, 5.41) is 14.7. The maximum atomic E-state index is 14.4. The molecule has 7 nitrogen and oxygen atoms in total. The smallest absolute Gasteiger partial charge is 0.336 e. The van der Waals surface area contributed by atoms with Crippen LogP contribution in [0.4, 0.5) is 8.78 Å². The largest absolute Gasteiger partial charge is 0.493 e. The third-order valence-electron chi connectivity index (χ3n) is 4.82. The van der Waals surface area contributed by atoms with E-state index in [1.165, 1.54) is 13.0 Å². The maximum absolute atomic E-state index is 14.4. The lowest BCUT2D eigenvalue weighted by molar-refractivity contribution is -0.431. The van der Waals surface area contributed by atoms with E-state index in [1.807, 2.05) is 20.8 Å². The van der Waals surface area contributed by atoms with Crippen LogP contribution in [-0.4, -0.2) is 24.6 Å². The normalized spacial score (nSPS) is 17.0. The molecule has 1 aliphatic heterocycles. The summed E-state index contributed by atoms with van der Waals surface area (Å²) < 4.78 is 38.5. The van der Waals surface area contributed by atoms with Gasteiger partial charge in [-0.3, -0.25) is 10.1 Å². The molecule has 0 amide bonds. The molecule has 0 saturated carbocycles. The summed E-state index contributed by atoms with van der Waals surface area (Å²) in [5.74, 6) is -5.02. The number of nitro groups is 1. The minimum Gasteiger partial charge on any atom is -0.493 e. The number of hydrogen-bond donors (Lipinski definition) is 1. The lowest BCUT2D eigenvalue weighted by atomic mass is 9.83. The Bertz CT molecular complexity index is 932. The first-order chi connectivity index (χ1) is 13.9. The predicted octanol–water partition coefficient (Wildman–Crippen LogP) is 4.42. The lowest BCUT2D eigenvalue weighted by Crippen LogP contribution is -2.32. The van der Waals surface area contributed by atoms with Gasteiger partial charge in [0.15, 0.2) is 11.6 Å². The average molecular weight is 424 g/mol. The van der Waals surface area contributed by atoms with Crippen molar-refractivity contribution in [2.75, 3.05) is 13.7 Å². The van der Waals surface area contributed by atoms with Crippen molar-refractivity contribution in [2.24, 2.45) is 5.41 Å². The van der Waals surface area contributed by atoms with Crippen molar-refractivity contribution >= 4 is 5.97 Å². The number of ether oxygens (including phenoxy) is 2. The standard InChI is InChI=1S/C21H26F2N2O5/c1-11-15(20(26)30-10-9-21(3,4)5)16(18(25(27)28)12(2)24-11)13-7-8-14(22)17(23)19(13)29-6/h7-8,16,24H,9-10H2,1-6H3. The first-order valence-electron chi connectivity index (χ1n) is 9.41. The fraction of sp³-hybridized carbons (Fsp3) is 0.476. The summed E-state index contributed by atoms with van der Waals surface area (Å²) in [4.78, 5) is 24.1. The zero-order valence-electron chi connectivity index (χ0n) is 17.9. The Morgan fingerprint density at radius 2 is 1.87 bits per heavy atom. The Hall–Kier alpha value is -2.97. The zero-order valence-corrected chi connectivity index (χ0v) is 17.9. The summed E-state index contributed by atoms with van der Waals surface area (Å²) in [5.41, 5.74) is -0.0277. The van der Waals surface area contributed by atoms with E-state index in [0.29, 0.717) is 12.1 Å². The molecule has 30 heavy (non-hydrogen) atoms. The molecule has 1 atom stereocenters. The molecule has 0 aromatic heterocycles. The van der Waals surface area contributed by atoms with Gasteiger partial charge in [0.05, 0.1) is 29.9 Å². The van der Waals surface area contributed by atoms with E-state index >= 15 is 0 Å². The number of allylic oxidation sites excluding steroid dienone is 3. The SMILES string of the molecule is COc1c(C2C(C(=O)OCCC(C)(C)C)=C(C)NC(C)=C2[N+](=O)[O-])ccc(F)c1F. The lowest BCUT2D eigenvalue weighted by Gasteiger charge is -2.28. The fourth-order valence-electron chi connectivity index (χ4n) is 3.31. The first-order valence-corrected chi connectivity index (χ1v) is 9.41. The molecular formula is C21H26F2N2O5. The Morgan fingerprint density at radius 3 is 2.40 bits per heavy atom. The number of rotatable bonds is 6. The molecule has 1 aromatic carbocycles. The number of nitrogens with one attached hydrogen (secondary N) is 1. The molecule has 9 heteroatoms. The first kappa shape index (κ1) is 23.3. The van der Waals surface area contributed by atoms with Gasteiger partial charge in [-0.25, -0.2) is 9.18 Å². The van der Waals surface area contributed by atoms with Gasteiger partial charge in [0.25, 0.3) is 5.70 Å². The zero-order chi connectivity index (χ0) is 22.8. The summed E-state index contributed by atoms with van der Waals surface area (Å²) >= 11 is 0. The molecule has 1 unspecified atom stereocenters. The van der Waals surface area contributed by atoms with Crippen molar-refractivity contribution in [1.29, 1.82) is 0 Å². The Labute approximate surface area is 173 Å². The van der Waals surface area contributed by atoms with E-state index in [-0.39, 0.29) is 34.6 Å². The highest BCUT2D eigenvalue weighted by Gasteiger charge is 2.43. The van der Waals surface area contributed by atoms with Gasteiger partial charge >= 0.3 is 5.97 Å². The number of methoxy groups -OCH3 is 1.